The Hall–Kier alpha value is -2.01. The maximum atomic E-state index is 11.7. The van der Waals surface area contributed by atoms with Crippen molar-refractivity contribution in [3.8, 4) is 0 Å². The summed E-state index contributed by atoms with van der Waals surface area (Å²) in [5.74, 6) is 0.0184. The van der Waals surface area contributed by atoms with Crippen molar-refractivity contribution in [2.24, 2.45) is 5.10 Å². The summed E-state index contributed by atoms with van der Waals surface area (Å²) in [6.45, 7) is 3.96. The molecule has 0 aliphatic heterocycles. The number of rotatable bonds is 5. The van der Waals surface area contributed by atoms with Crippen molar-refractivity contribution in [3.05, 3.63) is 52.0 Å². The first-order valence-electron chi connectivity index (χ1n) is 6.43. The Bertz CT molecular complexity index is 592. The number of aromatic nitrogens is 1. The van der Waals surface area contributed by atoms with Crippen LogP contribution < -0.4 is 5.43 Å². The molecule has 1 aromatic heterocycles. The molecule has 0 unspecified atom stereocenters. The summed E-state index contributed by atoms with van der Waals surface area (Å²) in [6.07, 6.45) is 2.00. The topological polar surface area (TPSA) is 54.4 Å². The van der Waals surface area contributed by atoms with Crippen molar-refractivity contribution in [1.29, 1.82) is 0 Å². The largest absolute Gasteiger partial charge is 0.273 e. The molecule has 0 saturated heterocycles. The van der Waals surface area contributed by atoms with Gasteiger partial charge in [-0.3, -0.25) is 4.79 Å². The van der Waals surface area contributed by atoms with Crippen LogP contribution in [0.4, 0.5) is 0 Å². The SMILES string of the molecule is Cc1nc(CC(=O)N/N=C\[C@@H](C)c2ccccc2)cs1. The predicted molar refractivity (Wildman–Crippen MR) is 82.0 cm³/mol. The van der Waals surface area contributed by atoms with E-state index in [4.69, 9.17) is 0 Å². The van der Waals surface area contributed by atoms with Gasteiger partial charge in [-0.1, -0.05) is 37.3 Å². The first kappa shape index (κ1) is 14.4. The molecular formula is C15H17N3OS. The van der Waals surface area contributed by atoms with Gasteiger partial charge in [-0.05, 0) is 12.5 Å². The Labute approximate surface area is 122 Å². The van der Waals surface area contributed by atoms with Crippen molar-refractivity contribution in [3.63, 3.8) is 0 Å². The van der Waals surface area contributed by atoms with Crippen LogP contribution >= 0.6 is 11.3 Å². The number of benzene rings is 1. The van der Waals surface area contributed by atoms with Crippen LogP contribution in [0.3, 0.4) is 0 Å². The average Bonchev–Trinajstić information content (AvgIpc) is 2.85. The summed E-state index contributed by atoms with van der Waals surface area (Å²) in [6, 6.07) is 10.0. The van der Waals surface area contributed by atoms with Crippen LogP contribution in [0.25, 0.3) is 0 Å². The Morgan fingerprint density at radius 2 is 2.20 bits per heavy atom. The highest BCUT2D eigenvalue weighted by molar-refractivity contribution is 7.09. The number of aryl methyl sites for hydroxylation is 1. The zero-order valence-corrected chi connectivity index (χ0v) is 12.4. The molecule has 0 radical (unpaired) electrons. The van der Waals surface area contributed by atoms with Gasteiger partial charge in [-0.2, -0.15) is 5.10 Å². The van der Waals surface area contributed by atoms with E-state index in [1.807, 2.05) is 49.6 Å². The van der Waals surface area contributed by atoms with Gasteiger partial charge in [-0.15, -0.1) is 11.3 Å². The monoisotopic (exact) mass is 287 g/mol. The third-order valence-electron chi connectivity index (χ3n) is 2.82. The summed E-state index contributed by atoms with van der Waals surface area (Å²) < 4.78 is 0. The first-order valence-corrected chi connectivity index (χ1v) is 7.31. The maximum Gasteiger partial charge on any atom is 0.246 e. The smallest absolute Gasteiger partial charge is 0.246 e. The molecule has 1 aromatic carbocycles. The fraction of sp³-hybridized carbons (Fsp3) is 0.267. The quantitative estimate of drug-likeness (QED) is 0.679. The summed E-state index contributed by atoms with van der Waals surface area (Å²) in [5.41, 5.74) is 4.49. The third kappa shape index (κ3) is 4.28. The average molecular weight is 287 g/mol. The molecule has 0 saturated carbocycles. The molecule has 0 fully saturated rings. The number of nitrogens with one attached hydrogen (secondary N) is 1. The lowest BCUT2D eigenvalue weighted by Gasteiger charge is -2.05. The molecule has 4 nitrogen and oxygen atoms in total. The number of hydrogen-bond donors (Lipinski definition) is 1. The van der Waals surface area contributed by atoms with Gasteiger partial charge >= 0.3 is 0 Å². The van der Waals surface area contributed by atoms with E-state index in [1.165, 1.54) is 5.56 Å². The normalized spacial score (nSPS) is 12.5. The number of amides is 1. The van der Waals surface area contributed by atoms with E-state index in [0.717, 1.165) is 10.7 Å². The molecule has 1 N–H and O–H groups in total. The fourth-order valence-corrected chi connectivity index (χ4v) is 2.37. The summed E-state index contributed by atoms with van der Waals surface area (Å²) in [5, 5.41) is 6.86. The van der Waals surface area contributed by atoms with Crippen molar-refractivity contribution >= 4 is 23.5 Å². The molecule has 20 heavy (non-hydrogen) atoms. The fourth-order valence-electron chi connectivity index (χ4n) is 1.76. The number of hydrazone groups is 1. The number of carbonyl (C=O) groups excluding carboxylic acids is 1. The van der Waals surface area contributed by atoms with Crippen LogP contribution in [0, 0.1) is 6.92 Å². The van der Waals surface area contributed by atoms with Crippen LogP contribution in [0.15, 0.2) is 40.8 Å². The highest BCUT2D eigenvalue weighted by Crippen LogP contribution is 2.11. The summed E-state index contributed by atoms with van der Waals surface area (Å²) in [7, 11) is 0. The second kappa shape index (κ2) is 6.96. The molecule has 0 bridgehead atoms. The zero-order valence-electron chi connectivity index (χ0n) is 11.5. The van der Waals surface area contributed by atoms with Crippen molar-refractivity contribution in [2.75, 3.05) is 0 Å². The van der Waals surface area contributed by atoms with Crippen LogP contribution in [-0.4, -0.2) is 17.1 Å². The van der Waals surface area contributed by atoms with Gasteiger partial charge < -0.3 is 0 Å². The lowest BCUT2D eigenvalue weighted by atomic mass is 10.0. The van der Waals surface area contributed by atoms with Gasteiger partial charge in [0.2, 0.25) is 5.91 Å². The maximum absolute atomic E-state index is 11.7. The molecule has 1 amide bonds. The van der Waals surface area contributed by atoms with Gasteiger partial charge in [0.15, 0.2) is 0 Å². The van der Waals surface area contributed by atoms with E-state index in [1.54, 1.807) is 17.6 Å². The number of carbonyl (C=O) groups is 1. The molecule has 0 spiro atoms. The Morgan fingerprint density at radius 1 is 1.45 bits per heavy atom. The van der Waals surface area contributed by atoms with Crippen LogP contribution in [0.1, 0.15) is 29.1 Å². The third-order valence-corrected chi connectivity index (χ3v) is 3.64. The van der Waals surface area contributed by atoms with E-state index >= 15 is 0 Å². The minimum atomic E-state index is -0.146. The summed E-state index contributed by atoms with van der Waals surface area (Å²) >= 11 is 1.54. The second-order valence-corrected chi connectivity index (χ2v) is 5.61. The molecule has 5 heteroatoms. The van der Waals surface area contributed by atoms with Gasteiger partial charge in [0.25, 0.3) is 0 Å². The first-order chi connectivity index (χ1) is 9.65. The van der Waals surface area contributed by atoms with Gasteiger partial charge in [-0.25, -0.2) is 10.4 Å². The van der Waals surface area contributed by atoms with Crippen LogP contribution in [0.5, 0.6) is 0 Å². The minimum Gasteiger partial charge on any atom is -0.273 e. The zero-order chi connectivity index (χ0) is 14.4. The van der Waals surface area contributed by atoms with Gasteiger partial charge in [0, 0.05) is 17.5 Å². The van der Waals surface area contributed by atoms with Crippen molar-refractivity contribution < 1.29 is 4.79 Å². The second-order valence-electron chi connectivity index (χ2n) is 4.55. The summed E-state index contributed by atoms with van der Waals surface area (Å²) in [4.78, 5) is 15.9. The number of thiazole rings is 1. The van der Waals surface area contributed by atoms with Crippen LogP contribution in [0.2, 0.25) is 0 Å². The molecule has 1 heterocycles. The molecular weight excluding hydrogens is 270 g/mol. The van der Waals surface area contributed by atoms with Crippen molar-refractivity contribution in [2.45, 2.75) is 26.2 Å². The standard InChI is InChI=1S/C15H17N3OS/c1-11(13-6-4-3-5-7-13)9-16-18-15(19)8-14-10-20-12(2)17-14/h3-7,9-11H,8H2,1-2H3,(H,18,19)/b16-9-/t11-/m1/s1. The van der Waals surface area contributed by atoms with Crippen LogP contribution in [-0.2, 0) is 11.2 Å². The van der Waals surface area contributed by atoms with Gasteiger partial charge in [0.05, 0.1) is 17.1 Å². The highest BCUT2D eigenvalue weighted by Gasteiger charge is 2.05. The van der Waals surface area contributed by atoms with E-state index in [-0.39, 0.29) is 18.2 Å². The Balaban J connectivity index is 1.82. The van der Waals surface area contributed by atoms with E-state index in [9.17, 15) is 4.79 Å². The number of hydrogen-bond acceptors (Lipinski definition) is 4. The minimum absolute atomic E-state index is 0.146. The molecule has 104 valence electrons. The molecule has 2 rings (SSSR count). The molecule has 0 aliphatic rings. The predicted octanol–water partition coefficient (Wildman–Crippen LogP) is 2.90. The lowest BCUT2D eigenvalue weighted by molar-refractivity contribution is -0.120. The van der Waals surface area contributed by atoms with E-state index < -0.39 is 0 Å². The molecule has 2 aromatic rings. The molecule has 0 aliphatic carbocycles. The van der Waals surface area contributed by atoms with Gasteiger partial charge in [0.1, 0.15) is 0 Å². The number of nitrogens with zero attached hydrogens (tertiary/aromatic N) is 2. The highest BCUT2D eigenvalue weighted by atomic mass is 32.1. The Morgan fingerprint density at radius 3 is 2.85 bits per heavy atom. The lowest BCUT2D eigenvalue weighted by Crippen LogP contribution is -2.20. The van der Waals surface area contributed by atoms with E-state index in [2.05, 4.69) is 15.5 Å². The molecule has 1 atom stereocenters. The Kier molecular flexibility index (Phi) is 5.01. The van der Waals surface area contributed by atoms with Crippen molar-refractivity contribution in [1.82, 2.24) is 10.4 Å². The van der Waals surface area contributed by atoms with E-state index in [0.29, 0.717) is 0 Å².